The van der Waals surface area contributed by atoms with Crippen LogP contribution >= 0.6 is 24.0 Å². The number of nitrogens with zero attached hydrogens (tertiary/aromatic N) is 1. The van der Waals surface area contributed by atoms with Gasteiger partial charge in [0.05, 0.1) is 20.3 Å². The van der Waals surface area contributed by atoms with Gasteiger partial charge in [-0.15, -0.1) is 24.0 Å². The van der Waals surface area contributed by atoms with E-state index in [2.05, 4.69) is 27.8 Å². The highest BCUT2D eigenvalue weighted by atomic mass is 127. The summed E-state index contributed by atoms with van der Waals surface area (Å²) in [4.78, 5) is 4.33. The summed E-state index contributed by atoms with van der Waals surface area (Å²) in [5.41, 5.74) is 2.13. The normalized spacial score (nSPS) is 15.5. The second-order valence-corrected chi connectivity index (χ2v) is 6.25. The Labute approximate surface area is 183 Å². The fourth-order valence-electron chi connectivity index (χ4n) is 3.19. The first-order chi connectivity index (χ1) is 13.2. The molecule has 0 radical (unpaired) electrons. The van der Waals surface area contributed by atoms with Gasteiger partial charge in [0.15, 0.2) is 17.5 Å². The molecule has 0 amide bonds. The molecule has 3 rings (SSSR count). The van der Waals surface area contributed by atoms with Gasteiger partial charge in [-0.2, -0.15) is 0 Å². The lowest BCUT2D eigenvalue weighted by atomic mass is 9.93. The van der Waals surface area contributed by atoms with Gasteiger partial charge in [-0.25, -0.2) is 0 Å². The summed E-state index contributed by atoms with van der Waals surface area (Å²) in [6.45, 7) is 4.06. The first-order valence-corrected chi connectivity index (χ1v) is 9.25. The number of rotatable bonds is 6. The van der Waals surface area contributed by atoms with Gasteiger partial charge in [-0.1, -0.05) is 18.2 Å². The van der Waals surface area contributed by atoms with Crippen LogP contribution in [0.3, 0.4) is 0 Å². The molecule has 2 aromatic rings. The third-order valence-electron chi connectivity index (χ3n) is 4.55. The van der Waals surface area contributed by atoms with Crippen molar-refractivity contribution in [1.29, 1.82) is 0 Å². The number of nitrogens with one attached hydrogen (secondary N) is 2. The molecule has 0 aliphatic carbocycles. The molecule has 0 saturated carbocycles. The molecule has 28 heavy (non-hydrogen) atoms. The monoisotopic (exact) mass is 497 g/mol. The molecule has 7 heteroatoms. The predicted molar refractivity (Wildman–Crippen MR) is 124 cm³/mol. The lowest BCUT2D eigenvalue weighted by Crippen LogP contribution is -2.35. The largest absolute Gasteiger partial charge is 0.493 e. The van der Waals surface area contributed by atoms with Crippen molar-refractivity contribution in [2.45, 2.75) is 19.3 Å². The van der Waals surface area contributed by atoms with Gasteiger partial charge >= 0.3 is 0 Å². The number of para-hydroxylation sites is 1. The van der Waals surface area contributed by atoms with Crippen LogP contribution in [-0.2, 0) is 0 Å². The average molecular weight is 497 g/mol. The van der Waals surface area contributed by atoms with E-state index in [0.717, 1.165) is 31.0 Å². The molecule has 0 spiro atoms. The minimum atomic E-state index is 0. The van der Waals surface area contributed by atoms with Crippen molar-refractivity contribution in [3.63, 3.8) is 0 Å². The van der Waals surface area contributed by atoms with Crippen LogP contribution in [0.1, 0.15) is 24.8 Å². The van der Waals surface area contributed by atoms with Crippen LogP contribution in [0.5, 0.6) is 17.2 Å². The van der Waals surface area contributed by atoms with Crippen LogP contribution in [0.4, 0.5) is 5.69 Å². The van der Waals surface area contributed by atoms with Crippen molar-refractivity contribution >= 4 is 35.6 Å². The number of guanidine groups is 1. The maximum absolute atomic E-state index is 5.74. The molecule has 0 aromatic heterocycles. The molecule has 2 aromatic carbocycles. The van der Waals surface area contributed by atoms with Gasteiger partial charge in [0, 0.05) is 31.3 Å². The molecule has 2 N–H and O–H groups in total. The number of hydrogen-bond acceptors (Lipinski definition) is 4. The second kappa shape index (κ2) is 11.0. The highest BCUT2D eigenvalue weighted by molar-refractivity contribution is 14.0. The Hall–Kier alpha value is -2.16. The van der Waals surface area contributed by atoms with Crippen LogP contribution in [-0.4, -0.2) is 39.9 Å². The Morgan fingerprint density at radius 3 is 2.79 bits per heavy atom. The van der Waals surface area contributed by atoms with Crippen molar-refractivity contribution in [2.75, 3.05) is 39.2 Å². The van der Waals surface area contributed by atoms with E-state index in [0.29, 0.717) is 30.0 Å². The average Bonchev–Trinajstić information content (AvgIpc) is 2.71. The first-order valence-electron chi connectivity index (χ1n) is 9.25. The van der Waals surface area contributed by atoms with E-state index < -0.39 is 0 Å². The zero-order chi connectivity index (χ0) is 19.1. The van der Waals surface area contributed by atoms with E-state index in [1.807, 2.05) is 37.3 Å². The Kier molecular flexibility index (Phi) is 8.69. The summed E-state index contributed by atoms with van der Waals surface area (Å²) in [6.07, 6.45) is 0.984. The Balaban J connectivity index is 0.00000280. The Morgan fingerprint density at radius 2 is 2.04 bits per heavy atom. The van der Waals surface area contributed by atoms with Crippen molar-refractivity contribution in [3.8, 4) is 17.2 Å². The van der Waals surface area contributed by atoms with Gasteiger partial charge in [-0.05, 0) is 37.1 Å². The third-order valence-corrected chi connectivity index (χ3v) is 4.55. The fraction of sp³-hybridized carbons (Fsp3) is 0.381. The lowest BCUT2D eigenvalue weighted by molar-refractivity contribution is 0.267. The quantitative estimate of drug-likeness (QED) is 0.355. The molecule has 6 nitrogen and oxygen atoms in total. The van der Waals surface area contributed by atoms with Gasteiger partial charge in [0.2, 0.25) is 0 Å². The van der Waals surface area contributed by atoms with Crippen molar-refractivity contribution in [3.05, 3.63) is 48.0 Å². The number of hydrogen-bond donors (Lipinski definition) is 2. The lowest BCUT2D eigenvalue weighted by Gasteiger charge is -2.26. The minimum Gasteiger partial charge on any atom is -0.493 e. The number of aliphatic imine (C=N–C) groups is 1. The number of benzene rings is 2. The summed E-state index contributed by atoms with van der Waals surface area (Å²) in [6, 6.07) is 14.0. The van der Waals surface area contributed by atoms with Crippen molar-refractivity contribution in [2.24, 2.45) is 4.99 Å². The minimum absolute atomic E-state index is 0. The number of halogens is 1. The third kappa shape index (κ3) is 5.43. The van der Waals surface area contributed by atoms with Gasteiger partial charge < -0.3 is 24.8 Å². The van der Waals surface area contributed by atoms with Gasteiger partial charge in [0.1, 0.15) is 5.75 Å². The zero-order valence-electron chi connectivity index (χ0n) is 16.5. The molecule has 1 heterocycles. The van der Waals surface area contributed by atoms with E-state index in [4.69, 9.17) is 14.2 Å². The molecule has 1 unspecified atom stereocenters. The molecule has 1 atom stereocenters. The molecule has 0 fully saturated rings. The summed E-state index contributed by atoms with van der Waals surface area (Å²) in [5.74, 6) is 3.51. The molecule has 152 valence electrons. The van der Waals surface area contributed by atoms with E-state index in [-0.39, 0.29) is 24.0 Å². The first kappa shape index (κ1) is 22.1. The highest BCUT2D eigenvalue weighted by Gasteiger charge is 2.21. The zero-order valence-corrected chi connectivity index (χ0v) is 18.9. The SMILES string of the molecule is CCOc1cc(NC(=NC)NCC2CCOc3ccccc32)ccc1OC.I. The smallest absolute Gasteiger partial charge is 0.195 e. The number of fused-ring (bicyclic) bond motifs is 1. The predicted octanol–water partition coefficient (Wildman–Crippen LogP) is 4.27. The summed E-state index contributed by atoms with van der Waals surface area (Å²) in [7, 11) is 3.40. The summed E-state index contributed by atoms with van der Waals surface area (Å²) >= 11 is 0. The van der Waals surface area contributed by atoms with Crippen LogP contribution in [0.25, 0.3) is 0 Å². The van der Waals surface area contributed by atoms with Crippen molar-refractivity contribution < 1.29 is 14.2 Å². The molecule has 0 bridgehead atoms. The van der Waals surface area contributed by atoms with Crippen LogP contribution in [0, 0.1) is 0 Å². The second-order valence-electron chi connectivity index (χ2n) is 6.25. The van der Waals surface area contributed by atoms with E-state index in [1.165, 1.54) is 5.56 Å². The van der Waals surface area contributed by atoms with Crippen LogP contribution in [0.15, 0.2) is 47.5 Å². The topological polar surface area (TPSA) is 64.1 Å². The maximum Gasteiger partial charge on any atom is 0.195 e. The van der Waals surface area contributed by atoms with Crippen molar-refractivity contribution in [1.82, 2.24) is 5.32 Å². The molecule has 1 aliphatic rings. The summed E-state index contributed by atoms with van der Waals surface area (Å²) < 4.78 is 16.7. The van der Waals surface area contributed by atoms with E-state index in [9.17, 15) is 0 Å². The fourth-order valence-corrected chi connectivity index (χ4v) is 3.19. The molecular weight excluding hydrogens is 469 g/mol. The van der Waals surface area contributed by atoms with E-state index >= 15 is 0 Å². The maximum atomic E-state index is 5.74. The Bertz CT molecular complexity index is 798. The van der Waals surface area contributed by atoms with Gasteiger partial charge in [0.25, 0.3) is 0 Å². The van der Waals surface area contributed by atoms with E-state index in [1.54, 1.807) is 14.2 Å². The number of ether oxygens (including phenoxy) is 3. The standard InChI is InChI=1S/C21H27N3O3.HI/c1-4-26-20-13-16(9-10-19(20)25-3)24-21(22-2)23-14-15-11-12-27-18-8-6-5-7-17(15)18;/h5-10,13,15H,4,11-12,14H2,1-3H3,(H2,22,23,24);1H. The highest BCUT2D eigenvalue weighted by Crippen LogP contribution is 2.33. The Morgan fingerprint density at radius 1 is 1.21 bits per heavy atom. The summed E-state index contributed by atoms with van der Waals surface area (Å²) in [5, 5.41) is 6.73. The van der Waals surface area contributed by atoms with Crippen LogP contribution in [0.2, 0.25) is 0 Å². The number of anilines is 1. The molecule has 0 saturated heterocycles. The van der Waals surface area contributed by atoms with Crippen LogP contribution < -0.4 is 24.8 Å². The van der Waals surface area contributed by atoms with Gasteiger partial charge in [-0.3, -0.25) is 4.99 Å². The molecule has 1 aliphatic heterocycles. The number of methoxy groups -OCH3 is 1. The molecular formula is C21H28IN3O3.